The Kier molecular flexibility index (Phi) is 6.90. The van der Waals surface area contributed by atoms with Crippen molar-refractivity contribution in [1.82, 2.24) is 15.0 Å². The number of rotatable bonds is 9. The molecule has 17 heavy (non-hydrogen) atoms. The van der Waals surface area contributed by atoms with Crippen molar-refractivity contribution in [3.8, 4) is 0 Å². The van der Waals surface area contributed by atoms with Crippen LogP contribution < -0.4 is 0 Å². The molecule has 0 atom stereocenters. The molecule has 1 aromatic rings. The lowest BCUT2D eigenvalue weighted by Gasteiger charge is -2.07. The maximum Gasteiger partial charge on any atom is 0.0725 e. The predicted octanol–water partition coefficient (Wildman–Crippen LogP) is 3.84. The Hall–Kier alpha value is -0.860. The molecule has 0 unspecified atom stereocenters. The number of nitrogens with zero attached hydrogens (tertiary/aromatic N) is 3. The van der Waals surface area contributed by atoms with Crippen LogP contribution >= 0.6 is 0 Å². The number of aromatic nitrogens is 3. The Morgan fingerprint density at radius 2 is 2.00 bits per heavy atom. The molecule has 0 amide bonds. The fourth-order valence-electron chi connectivity index (χ4n) is 2.04. The zero-order valence-electron chi connectivity index (χ0n) is 11.7. The molecule has 0 bridgehead atoms. The average Bonchev–Trinajstić information content (AvgIpc) is 2.72. The first-order valence-corrected chi connectivity index (χ1v) is 7.11. The molecule has 3 heteroatoms. The smallest absolute Gasteiger partial charge is 0.0725 e. The van der Waals surface area contributed by atoms with Crippen molar-refractivity contribution >= 4 is 0 Å². The summed E-state index contributed by atoms with van der Waals surface area (Å²) in [4.78, 5) is 0. The standard InChI is InChI=1S/C14H27N3/c1-4-5-6-7-10-14-12-15-16-17(14)11-8-9-13(2)3/h12-13H,4-11H2,1-3H3. The van der Waals surface area contributed by atoms with E-state index in [1.807, 2.05) is 6.20 Å². The van der Waals surface area contributed by atoms with Crippen LogP contribution in [0.4, 0.5) is 0 Å². The van der Waals surface area contributed by atoms with Gasteiger partial charge in [0.2, 0.25) is 0 Å². The molecule has 1 rings (SSSR count). The van der Waals surface area contributed by atoms with E-state index in [4.69, 9.17) is 0 Å². The lowest BCUT2D eigenvalue weighted by molar-refractivity contribution is 0.470. The maximum absolute atomic E-state index is 4.18. The molecule has 0 spiro atoms. The summed E-state index contributed by atoms with van der Waals surface area (Å²) in [7, 11) is 0. The van der Waals surface area contributed by atoms with Gasteiger partial charge in [-0.2, -0.15) is 0 Å². The van der Waals surface area contributed by atoms with Gasteiger partial charge in [-0.25, -0.2) is 4.68 Å². The van der Waals surface area contributed by atoms with Crippen molar-refractivity contribution in [2.75, 3.05) is 0 Å². The van der Waals surface area contributed by atoms with Crippen LogP contribution in [-0.2, 0) is 13.0 Å². The highest BCUT2D eigenvalue weighted by Crippen LogP contribution is 2.09. The molecular weight excluding hydrogens is 210 g/mol. The van der Waals surface area contributed by atoms with Gasteiger partial charge in [0, 0.05) is 6.54 Å². The first kappa shape index (κ1) is 14.2. The van der Waals surface area contributed by atoms with Crippen LogP contribution in [0.3, 0.4) is 0 Å². The van der Waals surface area contributed by atoms with Gasteiger partial charge in [-0.3, -0.25) is 0 Å². The van der Waals surface area contributed by atoms with E-state index in [0.29, 0.717) is 0 Å². The topological polar surface area (TPSA) is 30.7 Å². The molecule has 0 saturated heterocycles. The van der Waals surface area contributed by atoms with E-state index in [0.717, 1.165) is 18.9 Å². The molecule has 0 radical (unpaired) electrons. The molecule has 0 aliphatic heterocycles. The van der Waals surface area contributed by atoms with Crippen LogP contribution in [0.25, 0.3) is 0 Å². The minimum atomic E-state index is 0.784. The van der Waals surface area contributed by atoms with Crippen molar-refractivity contribution in [2.24, 2.45) is 5.92 Å². The number of unbranched alkanes of at least 4 members (excludes halogenated alkanes) is 3. The summed E-state index contributed by atoms with van der Waals surface area (Å²) in [5.74, 6) is 0.784. The molecule has 98 valence electrons. The van der Waals surface area contributed by atoms with E-state index in [9.17, 15) is 0 Å². The second-order valence-electron chi connectivity index (χ2n) is 5.30. The normalized spacial score (nSPS) is 11.3. The lowest BCUT2D eigenvalue weighted by Crippen LogP contribution is -2.06. The van der Waals surface area contributed by atoms with E-state index >= 15 is 0 Å². The van der Waals surface area contributed by atoms with Crippen LogP contribution in [0.1, 0.15) is 65.0 Å². The van der Waals surface area contributed by atoms with Gasteiger partial charge < -0.3 is 0 Å². The zero-order chi connectivity index (χ0) is 12.5. The van der Waals surface area contributed by atoms with E-state index < -0.39 is 0 Å². The van der Waals surface area contributed by atoms with Crippen LogP contribution in [0.2, 0.25) is 0 Å². The van der Waals surface area contributed by atoms with Crippen molar-refractivity contribution in [1.29, 1.82) is 0 Å². The van der Waals surface area contributed by atoms with Gasteiger partial charge in [0.15, 0.2) is 0 Å². The Labute approximate surface area is 106 Å². The van der Waals surface area contributed by atoms with E-state index in [1.54, 1.807) is 0 Å². The van der Waals surface area contributed by atoms with Gasteiger partial charge in [-0.05, 0) is 31.6 Å². The molecule has 0 aliphatic rings. The third-order valence-corrected chi connectivity index (χ3v) is 3.14. The summed E-state index contributed by atoms with van der Waals surface area (Å²) in [5.41, 5.74) is 1.31. The monoisotopic (exact) mass is 237 g/mol. The molecule has 1 heterocycles. The predicted molar refractivity (Wildman–Crippen MR) is 71.9 cm³/mol. The van der Waals surface area contributed by atoms with Gasteiger partial charge in [0.05, 0.1) is 11.9 Å². The first-order valence-electron chi connectivity index (χ1n) is 7.11. The summed E-state index contributed by atoms with van der Waals surface area (Å²) in [6.45, 7) is 7.82. The molecule has 0 aliphatic carbocycles. The fraction of sp³-hybridized carbons (Fsp3) is 0.857. The minimum absolute atomic E-state index is 0.784. The van der Waals surface area contributed by atoms with Gasteiger partial charge in [0.1, 0.15) is 0 Å². The Morgan fingerprint density at radius 3 is 2.71 bits per heavy atom. The maximum atomic E-state index is 4.18. The van der Waals surface area contributed by atoms with Gasteiger partial charge >= 0.3 is 0 Å². The first-order chi connectivity index (χ1) is 8.24. The quantitative estimate of drug-likeness (QED) is 0.611. The van der Waals surface area contributed by atoms with Crippen LogP contribution in [-0.4, -0.2) is 15.0 Å². The highest BCUT2D eigenvalue weighted by Gasteiger charge is 2.04. The van der Waals surface area contributed by atoms with Crippen LogP contribution in [0, 0.1) is 5.92 Å². The number of aryl methyl sites for hydroxylation is 2. The highest BCUT2D eigenvalue weighted by atomic mass is 15.4. The van der Waals surface area contributed by atoms with E-state index in [1.165, 1.54) is 44.2 Å². The van der Waals surface area contributed by atoms with Crippen LogP contribution in [0.5, 0.6) is 0 Å². The molecule has 0 saturated carbocycles. The largest absolute Gasteiger partial charge is 0.249 e. The molecular formula is C14H27N3. The zero-order valence-corrected chi connectivity index (χ0v) is 11.7. The van der Waals surface area contributed by atoms with Crippen molar-refractivity contribution in [3.63, 3.8) is 0 Å². The molecule has 1 aromatic heterocycles. The molecule has 3 nitrogen and oxygen atoms in total. The third kappa shape index (κ3) is 5.85. The molecule has 0 N–H and O–H groups in total. The minimum Gasteiger partial charge on any atom is -0.249 e. The number of hydrogen-bond donors (Lipinski definition) is 0. The Bertz CT molecular complexity index is 291. The van der Waals surface area contributed by atoms with Gasteiger partial charge in [-0.15, -0.1) is 5.10 Å². The second-order valence-corrected chi connectivity index (χ2v) is 5.30. The second kappa shape index (κ2) is 8.26. The summed E-state index contributed by atoms with van der Waals surface area (Å²) in [5, 5.41) is 8.21. The highest BCUT2D eigenvalue weighted by molar-refractivity contribution is 4.93. The van der Waals surface area contributed by atoms with Crippen LogP contribution in [0.15, 0.2) is 6.20 Å². The summed E-state index contributed by atoms with van der Waals surface area (Å²) in [6.07, 6.45) is 10.8. The summed E-state index contributed by atoms with van der Waals surface area (Å²) in [6, 6.07) is 0. The van der Waals surface area contributed by atoms with Crippen molar-refractivity contribution in [2.45, 2.75) is 72.3 Å². The third-order valence-electron chi connectivity index (χ3n) is 3.14. The SMILES string of the molecule is CCCCCCc1cnnn1CCCC(C)C. The summed E-state index contributed by atoms with van der Waals surface area (Å²) >= 11 is 0. The van der Waals surface area contributed by atoms with Gasteiger partial charge in [-0.1, -0.05) is 45.2 Å². The Balaban J connectivity index is 2.27. The van der Waals surface area contributed by atoms with Gasteiger partial charge in [0.25, 0.3) is 0 Å². The fourth-order valence-corrected chi connectivity index (χ4v) is 2.04. The molecule has 0 fully saturated rings. The van der Waals surface area contributed by atoms with Crippen molar-refractivity contribution < 1.29 is 0 Å². The molecule has 0 aromatic carbocycles. The average molecular weight is 237 g/mol. The number of hydrogen-bond acceptors (Lipinski definition) is 2. The lowest BCUT2D eigenvalue weighted by atomic mass is 10.1. The van der Waals surface area contributed by atoms with E-state index in [2.05, 4.69) is 35.8 Å². The summed E-state index contributed by atoms with van der Waals surface area (Å²) < 4.78 is 2.09. The Morgan fingerprint density at radius 1 is 1.18 bits per heavy atom. The van der Waals surface area contributed by atoms with E-state index in [-0.39, 0.29) is 0 Å². The van der Waals surface area contributed by atoms with Crippen molar-refractivity contribution in [3.05, 3.63) is 11.9 Å².